The molecule has 1 fully saturated rings. The lowest BCUT2D eigenvalue weighted by Gasteiger charge is -2.30. The number of aromatic nitrogens is 1. The van der Waals surface area contributed by atoms with Gasteiger partial charge in [-0.15, -0.1) is 0 Å². The molecule has 7 heteroatoms. The van der Waals surface area contributed by atoms with Gasteiger partial charge in [-0.3, -0.25) is 0 Å². The highest BCUT2D eigenvalue weighted by molar-refractivity contribution is 7.91. The Balaban J connectivity index is 2.20. The molecule has 0 amide bonds. The van der Waals surface area contributed by atoms with Crippen LogP contribution < -0.4 is 11.1 Å². The summed E-state index contributed by atoms with van der Waals surface area (Å²) in [6.45, 7) is 2.14. The third kappa shape index (κ3) is 3.44. The van der Waals surface area contributed by atoms with Crippen molar-refractivity contribution in [2.75, 3.05) is 17.3 Å². The first kappa shape index (κ1) is 15.6. The molecular weight excluding hydrogens is 294 g/mol. The van der Waals surface area contributed by atoms with E-state index in [0.29, 0.717) is 17.0 Å². The minimum atomic E-state index is -3.34. The molecule has 20 heavy (non-hydrogen) atoms. The molecule has 2 rings (SSSR count). The molecule has 0 radical (unpaired) electrons. The standard InChI is InChI=1S/C13H23N3O2S2/c1-3-10(9-7-5-4-6-8-9)15-13-11(20(2,17)18)12(14)16-19-13/h9-10,15H,3-8H2,1-2H3,(H2,14,16). The average molecular weight is 317 g/mol. The second-order valence-corrected chi connectivity index (χ2v) is 8.28. The quantitative estimate of drug-likeness (QED) is 0.872. The van der Waals surface area contributed by atoms with Crippen LogP contribution in [0.15, 0.2) is 4.90 Å². The Morgan fingerprint density at radius 2 is 2.05 bits per heavy atom. The molecule has 3 N–H and O–H groups in total. The smallest absolute Gasteiger partial charge is 0.182 e. The molecule has 0 spiro atoms. The zero-order chi connectivity index (χ0) is 14.8. The number of hydrogen-bond donors (Lipinski definition) is 2. The van der Waals surface area contributed by atoms with Crippen molar-refractivity contribution in [1.82, 2.24) is 4.37 Å². The summed E-state index contributed by atoms with van der Waals surface area (Å²) in [5.74, 6) is 0.725. The minimum absolute atomic E-state index is 0.110. The van der Waals surface area contributed by atoms with Crippen LogP contribution >= 0.6 is 11.5 Å². The Morgan fingerprint density at radius 1 is 1.40 bits per heavy atom. The van der Waals surface area contributed by atoms with Crippen molar-refractivity contribution < 1.29 is 8.42 Å². The summed E-state index contributed by atoms with van der Waals surface area (Å²) in [5.41, 5.74) is 5.70. The van der Waals surface area contributed by atoms with Gasteiger partial charge in [0, 0.05) is 12.3 Å². The first-order chi connectivity index (χ1) is 9.43. The van der Waals surface area contributed by atoms with E-state index in [1.807, 2.05) is 0 Å². The third-order valence-corrected chi connectivity index (χ3v) is 6.10. The maximum atomic E-state index is 11.8. The minimum Gasteiger partial charge on any atom is -0.382 e. The van der Waals surface area contributed by atoms with Crippen LogP contribution in [0.1, 0.15) is 45.4 Å². The van der Waals surface area contributed by atoms with Crippen molar-refractivity contribution in [3.8, 4) is 0 Å². The lowest BCUT2D eigenvalue weighted by atomic mass is 9.83. The predicted molar refractivity (Wildman–Crippen MR) is 83.9 cm³/mol. The van der Waals surface area contributed by atoms with Crippen LogP contribution in [0.5, 0.6) is 0 Å². The van der Waals surface area contributed by atoms with Gasteiger partial charge in [0.05, 0.1) is 0 Å². The molecule has 1 atom stereocenters. The van der Waals surface area contributed by atoms with Gasteiger partial charge in [0.2, 0.25) is 0 Å². The zero-order valence-corrected chi connectivity index (χ0v) is 13.7. The lowest BCUT2D eigenvalue weighted by molar-refractivity contribution is 0.313. The SMILES string of the molecule is CCC(Nc1snc(N)c1S(C)(=O)=O)C1CCCCC1. The second-order valence-electron chi connectivity index (χ2n) is 5.56. The highest BCUT2D eigenvalue weighted by Crippen LogP contribution is 2.35. The van der Waals surface area contributed by atoms with Crippen LogP contribution in [0.2, 0.25) is 0 Å². The van der Waals surface area contributed by atoms with Gasteiger partial charge in [-0.05, 0) is 36.7 Å². The fraction of sp³-hybridized carbons (Fsp3) is 0.769. The van der Waals surface area contributed by atoms with Crippen LogP contribution in [0.4, 0.5) is 10.8 Å². The summed E-state index contributed by atoms with van der Waals surface area (Å²) in [6, 6.07) is 0.302. The molecule has 0 bridgehead atoms. The van der Waals surface area contributed by atoms with Crippen molar-refractivity contribution in [3.05, 3.63) is 0 Å². The third-order valence-electron chi connectivity index (χ3n) is 4.02. The van der Waals surface area contributed by atoms with Crippen molar-refractivity contribution in [1.29, 1.82) is 0 Å². The van der Waals surface area contributed by atoms with E-state index in [0.717, 1.165) is 18.0 Å². The summed E-state index contributed by atoms with van der Waals surface area (Å²) < 4.78 is 27.7. The van der Waals surface area contributed by atoms with E-state index in [2.05, 4.69) is 16.6 Å². The monoisotopic (exact) mass is 317 g/mol. The van der Waals surface area contributed by atoms with Crippen LogP contribution in [0.3, 0.4) is 0 Å². The van der Waals surface area contributed by atoms with E-state index in [4.69, 9.17) is 5.73 Å². The van der Waals surface area contributed by atoms with Crippen molar-refractivity contribution in [2.24, 2.45) is 5.92 Å². The van der Waals surface area contributed by atoms with Gasteiger partial charge in [0.25, 0.3) is 0 Å². The molecule has 1 aliphatic carbocycles. The molecule has 114 valence electrons. The number of nitrogens with zero attached hydrogens (tertiary/aromatic N) is 1. The summed E-state index contributed by atoms with van der Waals surface area (Å²) >= 11 is 1.15. The Labute approximate surface area is 125 Å². The van der Waals surface area contributed by atoms with Crippen molar-refractivity contribution in [3.63, 3.8) is 0 Å². The molecule has 1 saturated carbocycles. The number of rotatable bonds is 5. The van der Waals surface area contributed by atoms with Gasteiger partial charge in [0.1, 0.15) is 9.90 Å². The van der Waals surface area contributed by atoms with E-state index >= 15 is 0 Å². The number of nitrogens with two attached hydrogens (primary N) is 1. The summed E-state index contributed by atoms with van der Waals surface area (Å²) in [6.07, 6.45) is 8.45. The fourth-order valence-corrected chi connectivity index (χ4v) is 5.12. The fourth-order valence-electron chi connectivity index (χ4n) is 3.00. The first-order valence-electron chi connectivity index (χ1n) is 7.15. The normalized spacial score (nSPS) is 18.9. The van der Waals surface area contributed by atoms with Crippen LogP contribution in [0, 0.1) is 5.92 Å². The van der Waals surface area contributed by atoms with Crippen LogP contribution in [0.25, 0.3) is 0 Å². The van der Waals surface area contributed by atoms with Crippen molar-refractivity contribution in [2.45, 2.75) is 56.4 Å². The highest BCUT2D eigenvalue weighted by Gasteiger charge is 2.27. The number of sulfone groups is 1. The second kappa shape index (κ2) is 6.30. The van der Waals surface area contributed by atoms with Gasteiger partial charge in [-0.2, -0.15) is 4.37 Å². The molecule has 0 saturated heterocycles. The number of hydrogen-bond acceptors (Lipinski definition) is 6. The molecule has 1 unspecified atom stereocenters. The lowest BCUT2D eigenvalue weighted by Crippen LogP contribution is -2.30. The zero-order valence-electron chi connectivity index (χ0n) is 12.1. The Morgan fingerprint density at radius 3 is 2.60 bits per heavy atom. The van der Waals surface area contributed by atoms with E-state index < -0.39 is 9.84 Å². The molecule has 0 aliphatic heterocycles. The molecule has 1 aliphatic rings. The summed E-state index contributed by atoms with van der Waals surface area (Å²) in [4.78, 5) is 0.164. The van der Waals surface area contributed by atoms with E-state index in [-0.39, 0.29) is 10.7 Å². The Bertz CT molecular complexity index is 548. The Kier molecular flexibility index (Phi) is 4.90. The number of anilines is 2. The molecule has 5 nitrogen and oxygen atoms in total. The average Bonchev–Trinajstić information content (AvgIpc) is 2.78. The highest BCUT2D eigenvalue weighted by atomic mass is 32.2. The van der Waals surface area contributed by atoms with Crippen LogP contribution in [-0.4, -0.2) is 25.1 Å². The van der Waals surface area contributed by atoms with Crippen LogP contribution in [-0.2, 0) is 9.84 Å². The molecule has 0 aromatic carbocycles. The molecular formula is C13H23N3O2S2. The largest absolute Gasteiger partial charge is 0.382 e. The first-order valence-corrected chi connectivity index (χ1v) is 9.81. The Hall–Kier alpha value is -0.820. The number of nitrogen functional groups attached to an aromatic ring is 1. The van der Waals surface area contributed by atoms with Gasteiger partial charge in [0.15, 0.2) is 15.7 Å². The van der Waals surface area contributed by atoms with E-state index in [9.17, 15) is 8.42 Å². The summed E-state index contributed by atoms with van der Waals surface area (Å²) in [7, 11) is -3.34. The summed E-state index contributed by atoms with van der Waals surface area (Å²) in [5, 5.41) is 3.99. The number of nitrogens with one attached hydrogen (secondary N) is 1. The maximum Gasteiger partial charge on any atom is 0.182 e. The predicted octanol–water partition coefficient (Wildman–Crippen LogP) is 2.90. The van der Waals surface area contributed by atoms with Gasteiger partial charge in [-0.25, -0.2) is 8.42 Å². The van der Waals surface area contributed by atoms with E-state index in [1.54, 1.807) is 0 Å². The van der Waals surface area contributed by atoms with Crippen molar-refractivity contribution >= 4 is 32.2 Å². The molecule has 1 aromatic rings. The molecule has 1 aromatic heterocycles. The van der Waals surface area contributed by atoms with Gasteiger partial charge in [-0.1, -0.05) is 26.2 Å². The van der Waals surface area contributed by atoms with Gasteiger partial charge >= 0.3 is 0 Å². The topological polar surface area (TPSA) is 85.1 Å². The van der Waals surface area contributed by atoms with E-state index in [1.165, 1.54) is 38.4 Å². The van der Waals surface area contributed by atoms with Gasteiger partial charge < -0.3 is 11.1 Å². The maximum absolute atomic E-state index is 11.8. The molecule has 1 heterocycles.